The molecular formula is C17H15ClFN5. The summed E-state index contributed by atoms with van der Waals surface area (Å²) in [6, 6.07) is 14.0. The first kappa shape index (κ1) is 16.0. The van der Waals surface area contributed by atoms with Crippen molar-refractivity contribution >= 4 is 40.3 Å². The van der Waals surface area contributed by atoms with Gasteiger partial charge in [-0.25, -0.2) is 14.4 Å². The van der Waals surface area contributed by atoms with Crippen LogP contribution in [0.3, 0.4) is 0 Å². The van der Waals surface area contributed by atoms with Crippen molar-refractivity contribution in [2.45, 2.75) is 0 Å². The molecule has 3 N–H and O–H groups in total. The molecule has 3 aromatic rings. The van der Waals surface area contributed by atoms with Crippen molar-refractivity contribution in [2.24, 2.45) is 0 Å². The lowest BCUT2D eigenvalue weighted by atomic mass is 10.2. The maximum absolute atomic E-state index is 13.2. The van der Waals surface area contributed by atoms with Crippen LogP contribution in [0.2, 0.25) is 5.02 Å². The predicted octanol–water partition coefficient (Wildman–Crippen LogP) is 4.80. The predicted molar refractivity (Wildman–Crippen MR) is 96.0 cm³/mol. The Morgan fingerprint density at radius 3 is 2.21 bits per heavy atom. The smallest absolute Gasteiger partial charge is 0.141 e. The van der Waals surface area contributed by atoms with Gasteiger partial charge < -0.3 is 16.0 Å². The van der Waals surface area contributed by atoms with Crippen molar-refractivity contribution in [2.75, 3.05) is 23.0 Å². The Morgan fingerprint density at radius 1 is 0.875 bits per heavy atom. The first-order chi connectivity index (χ1) is 11.6. The van der Waals surface area contributed by atoms with E-state index in [0.717, 1.165) is 11.4 Å². The van der Waals surface area contributed by atoms with E-state index in [2.05, 4.69) is 25.9 Å². The van der Waals surface area contributed by atoms with E-state index in [0.29, 0.717) is 17.3 Å². The monoisotopic (exact) mass is 343 g/mol. The van der Waals surface area contributed by atoms with Crippen LogP contribution < -0.4 is 16.0 Å². The molecule has 7 heteroatoms. The largest absolute Gasteiger partial charge is 0.388 e. The second kappa shape index (κ2) is 7.14. The average molecular weight is 344 g/mol. The number of rotatable bonds is 5. The van der Waals surface area contributed by atoms with Crippen molar-refractivity contribution in [3.05, 3.63) is 65.7 Å². The Balaban J connectivity index is 1.77. The fourth-order valence-electron chi connectivity index (χ4n) is 2.12. The molecule has 24 heavy (non-hydrogen) atoms. The van der Waals surface area contributed by atoms with Crippen molar-refractivity contribution in [1.29, 1.82) is 0 Å². The summed E-state index contributed by atoms with van der Waals surface area (Å²) in [5.74, 6) is 0.741. The third-order valence-corrected chi connectivity index (χ3v) is 3.57. The normalized spacial score (nSPS) is 10.3. The zero-order valence-electron chi connectivity index (χ0n) is 12.8. The Bertz CT molecular complexity index is 856. The molecule has 0 aliphatic carbocycles. The molecule has 0 saturated carbocycles. The summed E-state index contributed by atoms with van der Waals surface area (Å²) in [6.07, 6.45) is 1.44. The molecular weight excluding hydrogens is 329 g/mol. The maximum Gasteiger partial charge on any atom is 0.141 e. The molecule has 1 aromatic heterocycles. The molecule has 0 saturated heterocycles. The number of nitrogens with one attached hydrogen (secondary N) is 3. The van der Waals surface area contributed by atoms with Gasteiger partial charge in [0, 0.05) is 30.2 Å². The third kappa shape index (κ3) is 3.91. The molecule has 0 amide bonds. The minimum atomic E-state index is -0.461. The lowest BCUT2D eigenvalue weighted by Crippen LogP contribution is -1.99. The standard InChI is InChI=1S/C17H15ClFN5/c1-20-11-3-2-4-12(7-11)23-16-9-17(22-10-21-16)24-13-5-6-15(19)14(18)8-13/h2-10,20H,1H3,(H2,21,22,23,24). The van der Waals surface area contributed by atoms with Crippen LogP contribution >= 0.6 is 11.6 Å². The molecule has 0 spiro atoms. The zero-order chi connectivity index (χ0) is 16.9. The van der Waals surface area contributed by atoms with Gasteiger partial charge in [0.1, 0.15) is 23.8 Å². The summed E-state index contributed by atoms with van der Waals surface area (Å²) in [5, 5.41) is 9.41. The van der Waals surface area contributed by atoms with Gasteiger partial charge in [-0.05, 0) is 36.4 Å². The van der Waals surface area contributed by atoms with Gasteiger partial charge in [0.25, 0.3) is 0 Å². The fraction of sp³-hybridized carbons (Fsp3) is 0.0588. The van der Waals surface area contributed by atoms with Crippen molar-refractivity contribution in [1.82, 2.24) is 9.97 Å². The molecule has 0 aliphatic rings. The highest BCUT2D eigenvalue weighted by molar-refractivity contribution is 6.31. The van der Waals surface area contributed by atoms with E-state index in [1.54, 1.807) is 12.1 Å². The third-order valence-electron chi connectivity index (χ3n) is 3.28. The topological polar surface area (TPSA) is 61.9 Å². The van der Waals surface area contributed by atoms with E-state index in [1.165, 1.54) is 18.5 Å². The first-order valence-corrected chi connectivity index (χ1v) is 7.61. The minimum absolute atomic E-state index is 0.0521. The van der Waals surface area contributed by atoms with Gasteiger partial charge in [-0.2, -0.15) is 0 Å². The second-order valence-electron chi connectivity index (χ2n) is 5.00. The molecule has 2 aromatic carbocycles. The van der Waals surface area contributed by atoms with Gasteiger partial charge in [-0.3, -0.25) is 0 Å². The molecule has 0 aliphatic heterocycles. The van der Waals surface area contributed by atoms with Crippen LogP contribution in [0.5, 0.6) is 0 Å². The quantitative estimate of drug-likeness (QED) is 0.621. The molecule has 0 radical (unpaired) electrons. The minimum Gasteiger partial charge on any atom is -0.388 e. The van der Waals surface area contributed by atoms with E-state index in [9.17, 15) is 4.39 Å². The number of nitrogens with zero attached hydrogens (tertiary/aromatic N) is 2. The van der Waals surface area contributed by atoms with Crippen molar-refractivity contribution in [3.63, 3.8) is 0 Å². The molecule has 0 atom stereocenters. The van der Waals surface area contributed by atoms with Gasteiger partial charge in [-0.15, -0.1) is 0 Å². The average Bonchev–Trinajstić information content (AvgIpc) is 2.59. The van der Waals surface area contributed by atoms with Gasteiger partial charge in [0.15, 0.2) is 0 Å². The summed E-state index contributed by atoms with van der Waals surface area (Å²) in [4.78, 5) is 8.35. The van der Waals surface area contributed by atoms with Gasteiger partial charge in [0.05, 0.1) is 5.02 Å². The molecule has 0 fully saturated rings. The van der Waals surface area contributed by atoms with Crippen molar-refractivity contribution in [3.8, 4) is 0 Å². The van der Waals surface area contributed by atoms with E-state index in [1.807, 2.05) is 31.3 Å². The summed E-state index contributed by atoms with van der Waals surface area (Å²) in [6.45, 7) is 0. The summed E-state index contributed by atoms with van der Waals surface area (Å²) in [5.41, 5.74) is 2.54. The van der Waals surface area contributed by atoms with Crippen LogP contribution in [0.15, 0.2) is 54.9 Å². The van der Waals surface area contributed by atoms with Gasteiger partial charge in [0.2, 0.25) is 0 Å². The number of aromatic nitrogens is 2. The Kier molecular flexibility index (Phi) is 4.77. The molecule has 3 rings (SSSR count). The SMILES string of the molecule is CNc1cccc(Nc2cc(Nc3ccc(F)c(Cl)c3)ncn2)c1. The van der Waals surface area contributed by atoms with E-state index in [4.69, 9.17) is 11.6 Å². The number of hydrogen-bond donors (Lipinski definition) is 3. The van der Waals surface area contributed by atoms with Crippen LogP contribution in [-0.2, 0) is 0 Å². The van der Waals surface area contributed by atoms with E-state index < -0.39 is 5.82 Å². The molecule has 0 bridgehead atoms. The summed E-state index contributed by atoms with van der Waals surface area (Å²) < 4.78 is 13.2. The summed E-state index contributed by atoms with van der Waals surface area (Å²) >= 11 is 5.78. The highest BCUT2D eigenvalue weighted by atomic mass is 35.5. The van der Waals surface area contributed by atoms with Crippen LogP contribution in [0, 0.1) is 5.82 Å². The molecule has 122 valence electrons. The second-order valence-corrected chi connectivity index (χ2v) is 5.41. The van der Waals surface area contributed by atoms with Crippen LogP contribution in [0.1, 0.15) is 0 Å². The zero-order valence-corrected chi connectivity index (χ0v) is 13.6. The number of hydrogen-bond acceptors (Lipinski definition) is 5. The van der Waals surface area contributed by atoms with Crippen molar-refractivity contribution < 1.29 is 4.39 Å². The van der Waals surface area contributed by atoms with Crippen LogP contribution in [0.4, 0.5) is 33.1 Å². The Hall–Kier alpha value is -2.86. The van der Waals surface area contributed by atoms with Gasteiger partial charge in [-0.1, -0.05) is 17.7 Å². The van der Waals surface area contributed by atoms with E-state index >= 15 is 0 Å². The lowest BCUT2D eigenvalue weighted by Gasteiger charge is -2.10. The van der Waals surface area contributed by atoms with Gasteiger partial charge >= 0.3 is 0 Å². The Morgan fingerprint density at radius 2 is 1.54 bits per heavy atom. The maximum atomic E-state index is 13.2. The Labute approximate surface area is 143 Å². The first-order valence-electron chi connectivity index (χ1n) is 7.23. The number of halogens is 2. The fourth-order valence-corrected chi connectivity index (χ4v) is 2.30. The highest BCUT2D eigenvalue weighted by Crippen LogP contribution is 2.24. The summed E-state index contributed by atoms with van der Waals surface area (Å²) in [7, 11) is 1.86. The number of anilines is 5. The lowest BCUT2D eigenvalue weighted by molar-refractivity contribution is 0.628. The number of benzene rings is 2. The van der Waals surface area contributed by atoms with Crippen LogP contribution in [-0.4, -0.2) is 17.0 Å². The molecule has 0 unspecified atom stereocenters. The molecule has 1 heterocycles. The van der Waals surface area contributed by atoms with Crippen LogP contribution in [0.25, 0.3) is 0 Å². The highest BCUT2D eigenvalue weighted by Gasteiger charge is 2.04. The van der Waals surface area contributed by atoms with E-state index in [-0.39, 0.29) is 5.02 Å². The molecule has 5 nitrogen and oxygen atoms in total.